The van der Waals surface area contributed by atoms with Gasteiger partial charge in [-0.05, 0) is 30.5 Å². The first-order valence-electron chi connectivity index (χ1n) is 6.47. The molecule has 1 heterocycles. The highest BCUT2D eigenvalue weighted by molar-refractivity contribution is 5.46. The first-order chi connectivity index (χ1) is 8.28. The summed E-state index contributed by atoms with van der Waals surface area (Å²) in [6, 6.07) is 6.14. The fraction of sp³-hybridized carbons (Fsp3) is 0.571. The van der Waals surface area contributed by atoms with Gasteiger partial charge in [0.2, 0.25) is 6.79 Å². The van der Waals surface area contributed by atoms with Gasteiger partial charge in [0, 0.05) is 5.54 Å². The van der Waals surface area contributed by atoms with Gasteiger partial charge in [-0.3, -0.25) is 0 Å². The Morgan fingerprint density at radius 1 is 0.941 bits per heavy atom. The molecule has 1 aliphatic heterocycles. The zero-order valence-electron chi connectivity index (χ0n) is 10.1. The molecule has 1 aromatic rings. The van der Waals surface area contributed by atoms with Gasteiger partial charge in [-0.15, -0.1) is 0 Å². The van der Waals surface area contributed by atoms with Crippen LogP contribution in [0.5, 0.6) is 11.5 Å². The molecule has 2 aliphatic rings. The highest BCUT2D eigenvalue weighted by Crippen LogP contribution is 2.39. The van der Waals surface area contributed by atoms with E-state index in [-0.39, 0.29) is 5.54 Å². The van der Waals surface area contributed by atoms with E-state index in [1.165, 1.54) is 31.2 Å². The Bertz CT molecular complexity index is 409. The molecule has 0 atom stereocenters. The molecule has 0 amide bonds. The molecule has 1 aromatic carbocycles. The molecule has 3 nitrogen and oxygen atoms in total. The summed E-state index contributed by atoms with van der Waals surface area (Å²) < 4.78 is 10.8. The van der Waals surface area contributed by atoms with Crippen LogP contribution in [0.2, 0.25) is 0 Å². The molecule has 1 fully saturated rings. The second kappa shape index (κ2) is 4.22. The molecule has 0 unspecified atom stereocenters. The van der Waals surface area contributed by atoms with Gasteiger partial charge in [0.15, 0.2) is 11.5 Å². The number of ether oxygens (including phenoxy) is 2. The Balaban J connectivity index is 1.91. The van der Waals surface area contributed by atoms with Crippen molar-refractivity contribution in [1.29, 1.82) is 0 Å². The van der Waals surface area contributed by atoms with E-state index in [2.05, 4.69) is 12.1 Å². The maximum Gasteiger partial charge on any atom is 0.231 e. The average molecular weight is 233 g/mol. The van der Waals surface area contributed by atoms with Crippen LogP contribution in [-0.2, 0) is 5.54 Å². The molecule has 0 aromatic heterocycles. The van der Waals surface area contributed by atoms with Crippen molar-refractivity contribution in [3.8, 4) is 11.5 Å². The van der Waals surface area contributed by atoms with E-state index < -0.39 is 0 Å². The molecule has 92 valence electrons. The van der Waals surface area contributed by atoms with Crippen LogP contribution in [0.25, 0.3) is 0 Å². The Morgan fingerprint density at radius 3 is 2.41 bits per heavy atom. The number of hydrogen-bond acceptors (Lipinski definition) is 3. The van der Waals surface area contributed by atoms with Crippen LogP contribution in [0.4, 0.5) is 0 Å². The van der Waals surface area contributed by atoms with E-state index in [9.17, 15) is 0 Å². The molecular weight excluding hydrogens is 214 g/mol. The van der Waals surface area contributed by atoms with Crippen LogP contribution in [0.3, 0.4) is 0 Å². The molecule has 1 saturated carbocycles. The molecule has 1 aliphatic carbocycles. The monoisotopic (exact) mass is 233 g/mol. The van der Waals surface area contributed by atoms with Gasteiger partial charge >= 0.3 is 0 Å². The van der Waals surface area contributed by atoms with Crippen molar-refractivity contribution in [3.63, 3.8) is 0 Å². The summed E-state index contributed by atoms with van der Waals surface area (Å²) in [7, 11) is 0. The highest BCUT2D eigenvalue weighted by atomic mass is 16.7. The van der Waals surface area contributed by atoms with Crippen molar-refractivity contribution in [2.45, 2.75) is 44.1 Å². The minimum atomic E-state index is -0.169. The molecule has 0 saturated heterocycles. The van der Waals surface area contributed by atoms with Gasteiger partial charge in [-0.2, -0.15) is 0 Å². The van der Waals surface area contributed by atoms with Crippen LogP contribution in [0.1, 0.15) is 44.1 Å². The lowest BCUT2D eigenvalue weighted by Gasteiger charge is -2.28. The van der Waals surface area contributed by atoms with Crippen LogP contribution in [0.15, 0.2) is 18.2 Å². The quantitative estimate of drug-likeness (QED) is 0.758. The van der Waals surface area contributed by atoms with Gasteiger partial charge in [0.1, 0.15) is 0 Å². The van der Waals surface area contributed by atoms with E-state index in [0.29, 0.717) is 6.79 Å². The minimum Gasteiger partial charge on any atom is -0.454 e. The van der Waals surface area contributed by atoms with Crippen molar-refractivity contribution >= 4 is 0 Å². The number of hydrogen-bond donors (Lipinski definition) is 1. The number of fused-ring (bicyclic) bond motifs is 1. The molecule has 0 spiro atoms. The standard InChI is InChI=1S/C14H19NO2/c15-14(7-3-1-2-4-8-14)11-5-6-12-13(9-11)17-10-16-12/h5-6,9H,1-4,7-8,10,15H2. The van der Waals surface area contributed by atoms with Crippen molar-refractivity contribution in [2.75, 3.05) is 6.79 Å². The third kappa shape index (κ3) is 2.00. The predicted molar refractivity (Wildman–Crippen MR) is 66.1 cm³/mol. The summed E-state index contributed by atoms with van der Waals surface area (Å²) in [6.07, 6.45) is 7.22. The number of nitrogens with two attached hydrogens (primary N) is 1. The number of rotatable bonds is 1. The lowest BCUT2D eigenvalue weighted by atomic mass is 9.84. The van der Waals surface area contributed by atoms with E-state index in [1.807, 2.05) is 6.07 Å². The maximum atomic E-state index is 6.58. The molecule has 17 heavy (non-hydrogen) atoms. The lowest BCUT2D eigenvalue weighted by molar-refractivity contribution is 0.174. The minimum absolute atomic E-state index is 0.169. The molecule has 3 rings (SSSR count). The maximum absolute atomic E-state index is 6.58. The van der Waals surface area contributed by atoms with Crippen molar-refractivity contribution in [2.24, 2.45) is 5.73 Å². The smallest absolute Gasteiger partial charge is 0.231 e. The SMILES string of the molecule is NC1(c2ccc3c(c2)OCO3)CCCCCC1. The normalized spacial score (nSPS) is 22.2. The molecule has 0 radical (unpaired) electrons. The number of benzene rings is 1. The Labute approximate surface area is 102 Å². The van der Waals surface area contributed by atoms with Crippen LogP contribution < -0.4 is 15.2 Å². The summed E-state index contributed by atoms with van der Waals surface area (Å²) in [5, 5.41) is 0. The third-order valence-corrected chi connectivity index (χ3v) is 3.94. The van der Waals surface area contributed by atoms with Gasteiger partial charge in [0.25, 0.3) is 0 Å². The second-order valence-electron chi connectivity index (χ2n) is 5.14. The van der Waals surface area contributed by atoms with Crippen molar-refractivity contribution in [1.82, 2.24) is 0 Å². The summed E-state index contributed by atoms with van der Waals surface area (Å²) in [4.78, 5) is 0. The third-order valence-electron chi connectivity index (χ3n) is 3.94. The van der Waals surface area contributed by atoms with Crippen molar-refractivity contribution < 1.29 is 9.47 Å². The predicted octanol–water partition coefficient (Wildman–Crippen LogP) is 2.92. The van der Waals surface area contributed by atoms with Gasteiger partial charge in [0.05, 0.1) is 0 Å². The lowest BCUT2D eigenvalue weighted by Crippen LogP contribution is -2.35. The molecular formula is C14H19NO2. The molecule has 0 bridgehead atoms. The molecule has 3 heteroatoms. The topological polar surface area (TPSA) is 44.5 Å². The summed E-state index contributed by atoms with van der Waals surface area (Å²) in [5.41, 5.74) is 7.61. The average Bonchev–Trinajstić information content (AvgIpc) is 2.70. The first-order valence-corrected chi connectivity index (χ1v) is 6.47. The fourth-order valence-corrected chi connectivity index (χ4v) is 2.85. The van der Waals surface area contributed by atoms with Crippen LogP contribution >= 0.6 is 0 Å². The van der Waals surface area contributed by atoms with E-state index >= 15 is 0 Å². The van der Waals surface area contributed by atoms with Crippen molar-refractivity contribution in [3.05, 3.63) is 23.8 Å². The van der Waals surface area contributed by atoms with Gasteiger partial charge in [-0.1, -0.05) is 31.7 Å². The summed E-state index contributed by atoms with van der Waals surface area (Å²) in [5.74, 6) is 1.68. The Morgan fingerprint density at radius 2 is 1.65 bits per heavy atom. The van der Waals surface area contributed by atoms with E-state index in [1.54, 1.807) is 0 Å². The first kappa shape index (κ1) is 10.9. The Kier molecular flexibility index (Phi) is 2.71. The highest BCUT2D eigenvalue weighted by Gasteiger charge is 2.29. The van der Waals surface area contributed by atoms with Gasteiger partial charge < -0.3 is 15.2 Å². The second-order valence-corrected chi connectivity index (χ2v) is 5.14. The van der Waals surface area contributed by atoms with Gasteiger partial charge in [-0.25, -0.2) is 0 Å². The largest absolute Gasteiger partial charge is 0.454 e. The van der Waals surface area contributed by atoms with E-state index in [4.69, 9.17) is 15.2 Å². The zero-order valence-corrected chi connectivity index (χ0v) is 10.1. The van der Waals surface area contributed by atoms with E-state index in [0.717, 1.165) is 24.3 Å². The van der Waals surface area contributed by atoms with Crippen LogP contribution in [0, 0.1) is 0 Å². The van der Waals surface area contributed by atoms with Crippen LogP contribution in [-0.4, -0.2) is 6.79 Å². The summed E-state index contributed by atoms with van der Waals surface area (Å²) in [6.45, 7) is 0.330. The zero-order chi connectivity index (χ0) is 11.7. The molecule has 2 N–H and O–H groups in total. The summed E-state index contributed by atoms with van der Waals surface area (Å²) >= 11 is 0. The fourth-order valence-electron chi connectivity index (χ4n) is 2.85. The Hall–Kier alpha value is -1.22.